The largest absolute Gasteiger partial charge is 0.491 e. The molecule has 2 N–H and O–H groups in total. The quantitative estimate of drug-likeness (QED) is 0.349. The lowest BCUT2D eigenvalue weighted by Crippen LogP contribution is -2.41. The van der Waals surface area contributed by atoms with Gasteiger partial charge in [0.15, 0.2) is 5.96 Å². The number of nitrogens with zero attached hydrogens (tertiary/aromatic N) is 1. The van der Waals surface area contributed by atoms with E-state index in [1.807, 2.05) is 0 Å². The average Bonchev–Trinajstić information content (AvgIpc) is 2.81. The Bertz CT molecular complexity index is 867. The molecule has 0 saturated carbocycles. The first-order valence-electron chi connectivity index (χ1n) is 11.4. The summed E-state index contributed by atoms with van der Waals surface area (Å²) >= 11 is 0. The Balaban J connectivity index is 1.57. The van der Waals surface area contributed by atoms with E-state index in [4.69, 9.17) is 14.2 Å². The number of hydrogen-bond donors (Lipinski definition) is 2. The molecule has 1 aliphatic heterocycles. The standard InChI is InChI=1S/C26H37N3O3/c1-19-7-10-21(11-8-19)25-23(6-5-13-32-25)18-29-26(27-3)28-17-22-12-9-20(2)16-24(22)31-15-14-30-4/h7-12,16,23,25H,5-6,13-15,17-18H2,1-4H3,(H2,27,28,29). The SMILES string of the molecule is CN=C(NCc1ccc(C)cc1OCCOC)NCC1CCCOC1c1ccc(C)cc1. The molecule has 1 saturated heterocycles. The van der Waals surface area contributed by atoms with Gasteiger partial charge < -0.3 is 24.8 Å². The van der Waals surface area contributed by atoms with Crippen LogP contribution >= 0.6 is 0 Å². The van der Waals surface area contributed by atoms with E-state index in [1.54, 1.807) is 14.2 Å². The van der Waals surface area contributed by atoms with Crippen LogP contribution in [0.3, 0.4) is 0 Å². The number of aliphatic imine (C=N–C) groups is 1. The van der Waals surface area contributed by atoms with Crippen molar-refractivity contribution in [2.45, 2.75) is 39.3 Å². The molecule has 2 unspecified atom stereocenters. The van der Waals surface area contributed by atoms with Crippen LogP contribution in [0.5, 0.6) is 5.75 Å². The second kappa shape index (κ2) is 12.5. The fourth-order valence-electron chi connectivity index (χ4n) is 3.98. The van der Waals surface area contributed by atoms with E-state index < -0.39 is 0 Å². The zero-order valence-electron chi connectivity index (χ0n) is 19.8. The van der Waals surface area contributed by atoms with Crippen molar-refractivity contribution in [2.75, 3.05) is 40.5 Å². The second-order valence-corrected chi connectivity index (χ2v) is 8.36. The molecule has 6 heteroatoms. The van der Waals surface area contributed by atoms with E-state index in [0.29, 0.717) is 25.7 Å². The fraction of sp³-hybridized carbons (Fsp3) is 0.500. The molecule has 0 aliphatic carbocycles. The minimum atomic E-state index is 0.118. The minimum absolute atomic E-state index is 0.118. The van der Waals surface area contributed by atoms with Crippen molar-refractivity contribution in [1.82, 2.24) is 10.6 Å². The number of guanidine groups is 1. The molecular weight excluding hydrogens is 402 g/mol. The molecule has 0 aromatic heterocycles. The normalized spacial score (nSPS) is 18.9. The summed E-state index contributed by atoms with van der Waals surface area (Å²) < 4.78 is 17.2. The van der Waals surface area contributed by atoms with Gasteiger partial charge in [-0.05, 0) is 43.9 Å². The van der Waals surface area contributed by atoms with Gasteiger partial charge in [-0.2, -0.15) is 0 Å². The molecule has 1 heterocycles. The lowest BCUT2D eigenvalue weighted by molar-refractivity contribution is -0.0265. The van der Waals surface area contributed by atoms with Gasteiger partial charge in [-0.15, -0.1) is 0 Å². The van der Waals surface area contributed by atoms with Crippen molar-refractivity contribution in [2.24, 2.45) is 10.9 Å². The van der Waals surface area contributed by atoms with Crippen LogP contribution in [0.15, 0.2) is 47.5 Å². The molecule has 0 spiro atoms. The predicted molar refractivity (Wildman–Crippen MR) is 129 cm³/mol. The van der Waals surface area contributed by atoms with Crippen LogP contribution in [0.25, 0.3) is 0 Å². The van der Waals surface area contributed by atoms with Gasteiger partial charge in [0.2, 0.25) is 0 Å². The van der Waals surface area contributed by atoms with Gasteiger partial charge in [0.05, 0.1) is 12.7 Å². The van der Waals surface area contributed by atoms with Crippen LogP contribution in [0, 0.1) is 19.8 Å². The zero-order chi connectivity index (χ0) is 22.8. The number of benzene rings is 2. The van der Waals surface area contributed by atoms with Gasteiger partial charge in [0, 0.05) is 45.3 Å². The Morgan fingerprint density at radius 2 is 1.84 bits per heavy atom. The molecule has 3 rings (SSSR count). The van der Waals surface area contributed by atoms with Gasteiger partial charge in [0.1, 0.15) is 12.4 Å². The van der Waals surface area contributed by atoms with Crippen molar-refractivity contribution in [1.29, 1.82) is 0 Å². The molecule has 174 valence electrons. The van der Waals surface area contributed by atoms with E-state index in [9.17, 15) is 0 Å². The number of nitrogens with one attached hydrogen (secondary N) is 2. The third kappa shape index (κ3) is 6.97. The Morgan fingerprint density at radius 1 is 1.06 bits per heavy atom. The molecule has 0 radical (unpaired) electrons. The number of rotatable bonds is 9. The Kier molecular flexibility index (Phi) is 9.38. The number of methoxy groups -OCH3 is 1. The Labute approximate surface area is 192 Å². The van der Waals surface area contributed by atoms with Crippen LogP contribution < -0.4 is 15.4 Å². The fourth-order valence-corrected chi connectivity index (χ4v) is 3.98. The molecule has 1 aliphatic rings. The molecule has 0 bridgehead atoms. The van der Waals surface area contributed by atoms with Gasteiger partial charge in [0.25, 0.3) is 0 Å². The summed E-state index contributed by atoms with van der Waals surface area (Å²) in [5.41, 5.74) is 4.78. The first-order valence-corrected chi connectivity index (χ1v) is 11.4. The number of aryl methyl sites for hydroxylation is 2. The molecule has 2 atom stereocenters. The summed E-state index contributed by atoms with van der Waals surface area (Å²) in [4.78, 5) is 4.41. The first-order chi connectivity index (χ1) is 15.6. The summed E-state index contributed by atoms with van der Waals surface area (Å²) in [7, 11) is 3.48. The summed E-state index contributed by atoms with van der Waals surface area (Å²) in [5.74, 6) is 2.06. The topological polar surface area (TPSA) is 64.1 Å². The molecular formula is C26H37N3O3. The number of hydrogen-bond acceptors (Lipinski definition) is 4. The van der Waals surface area contributed by atoms with Gasteiger partial charge in [-0.1, -0.05) is 42.0 Å². The van der Waals surface area contributed by atoms with E-state index >= 15 is 0 Å². The summed E-state index contributed by atoms with van der Waals surface area (Å²) in [6.45, 7) is 7.53. The highest BCUT2D eigenvalue weighted by molar-refractivity contribution is 5.79. The number of ether oxygens (including phenoxy) is 3. The highest BCUT2D eigenvalue weighted by atomic mass is 16.5. The lowest BCUT2D eigenvalue weighted by atomic mass is 9.89. The molecule has 2 aromatic rings. The van der Waals surface area contributed by atoms with Gasteiger partial charge >= 0.3 is 0 Å². The Hall–Kier alpha value is -2.57. The molecule has 6 nitrogen and oxygen atoms in total. The van der Waals surface area contributed by atoms with E-state index in [-0.39, 0.29) is 6.10 Å². The average molecular weight is 440 g/mol. The van der Waals surface area contributed by atoms with Crippen LogP contribution in [-0.4, -0.2) is 46.5 Å². The maximum absolute atomic E-state index is 6.16. The highest BCUT2D eigenvalue weighted by Gasteiger charge is 2.27. The van der Waals surface area contributed by atoms with Crippen molar-refractivity contribution < 1.29 is 14.2 Å². The highest BCUT2D eigenvalue weighted by Crippen LogP contribution is 2.33. The van der Waals surface area contributed by atoms with Gasteiger partial charge in [-0.3, -0.25) is 4.99 Å². The van der Waals surface area contributed by atoms with Crippen molar-refractivity contribution >= 4 is 5.96 Å². The maximum Gasteiger partial charge on any atom is 0.191 e. The third-order valence-electron chi connectivity index (χ3n) is 5.82. The molecule has 0 amide bonds. The van der Waals surface area contributed by atoms with Crippen LogP contribution in [0.1, 0.15) is 41.2 Å². The van der Waals surface area contributed by atoms with Crippen LogP contribution in [0.2, 0.25) is 0 Å². The van der Waals surface area contributed by atoms with E-state index in [1.165, 1.54) is 16.7 Å². The predicted octanol–water partition coefficient (Wildman–Crippen LogP) is 4.16. The summed E-state index contributed by atoms with van der Waals surface area (Å²) in [5, 5.41) is 6.93. The maximum atomic E-state index is 6.16. The Morgan fingerprint density at radius 3 is 2.59 bits per heavy atom. The van der Waals surface area contributed by atoms with Crippen LogP contribution in [-0.2, 0) is 16.0 Å². The first kappa shape index (κ1) is 24.1. The monoisotopic (exact) mass is 439 g/mol. The van der Waals surface area contributed by atoms with Crippen molar-refractivity contribution in [3.8, 4) is 5.75 Å². The third-order valence-corrected chi connectivity index (χ3v) is 5.82. The summed E-state index contributed by atoms with van der Waals surface area (Å²) in [6, 6.07) is 15.0. The summed E-state index contributed by atoms with van der Waals surface area (Å²) in [6.07, 6.45) is 2.34. The molecule has 32 heavy (non-hydrogen) atoms. The van der Waals surface area contributed by atoms with E-state index in [2.05, 4.69) is 71.9 Å². The zero-order valence-corrected chi connectivity index (χ0v) is 19.8. The second-order valence-electron chi connectivity index (χ2n) is 8.36. The van der Waals surface area contributed by atoms with Crippen molar-refractivity contribution in [3.05, 3.63) is 64.7 Å². The smallest absolute Gasteiger partial charge is 0.191 e. The van der Waals surface area contributed by atoms with Crippen LogP contribution in [0.4, 0.5) is 0 Å². The molecule has 1 fully saturated rings. The van der Waals surface area contributed by atoms with E-state index in [0.717, 1.165) is 43.3 Å². The van der Waals surface area contributed by atoms with Gasteiger partial charge in [-0.25, -0.2) is 0 Å². The van der Waals surface area contributed by atoms with Crippen molar-refractivity contribution in [3.63, 3.8) is 0 Å². The molecule has 2 aromatic carbocycles. The lowest BCUT2D eigenvalue weighted by Gasteiger charge is -2.32. The minimum Gasteiger partial charge on any atom is -0.491 e.